The summed E-state index contributed by atoms with van der Waals surface area (Å²) in [6, 6.07) is 0.544. The Morgan fingerprint density at radius 2 is 1.48 bits per heavy atom. The fourth-order valence-electron chi connectivity index (χ4n) is 2.65. The predicted octanol–water partition coefficient (Wildman–Crippen LogP) is 3.49. The predicted molar refractivity (Wildman–Crippen MR) is 105 cm³/mol. The highest BCUT2D eigenvalue weighted by molar-refractivity contribution is 7.91. The van der Waals surface area contributed by atoms with Crippen molar-refractivity contribution in [3.05, 3.63) is 0 Å². The van der Waals surface area contributed by atoms with Crippen LogP contribution in [0, 0.1) is 0 Å². The summed E-state index contributed by atoms with van der Waals surface area (Å²) in [6.07, 6.45) is 6.98. The van der Waals surface area contributed by atoms with Crippen molar-refractivity contribution in [3.8, 4) is 0 Å². The molecule has 0 aliphatic carbocycles. The lowest BCUT2D eigenvalue weighted by Crippen LogP contribution is -2.50. The number of unbranched alkanes of at least 4 members (excludes halogenated alkanes) is 5. The molecule has 8 heteroatoms. The van der Waals surface area contributed by atoms with E-state index in [9.17, 15) is 8.42 Å². The zero-order valence-corrected chi connectivity index (χ0v) is 18.4. The lowest BCUT2D eigenvalue weighted by atomic mass is 10.1. The van der Waals surface area contributed by atoms with Crippen molar-refractivity contribution in [2.75, 3.05) is 25.5 Å². The normalized spacial score (nSPS) is 14.0. The topological polar surface area (TPSA) is 87.9 Å². The van der Waals surface area contributed by atoms with Crippen molar-refractivity contribution >= 4 is 18.6 Å². The van der Waals surface area contributed by atoms with E-state index in [2.05, 4.69) is 6.92 Å². The lowest BCUT2D eigenvalue weighted by Gasteiger charge is -2.31. The van der Waals surface area contributed by atoms with Crippen LogP contribution in [0.15, 0.2) is 0 Å². The monoisotopic (exact) mass is 397 g/mol. The van der Waals surface area contributed by atoms with Crippen molar-refractivity contribution in [3.63, 3.8) is 0 Å². The van der Waals surface area contributed by atoms with Crippen molar-refractivity contribution in [2.24, 2.45) is 5.73 Å². The van der Waals surface area contributed by atoms with Crippen LogP contribution in [-0.2, 0) is 23.1 Å². The fourth-order valence-corrected chi connectivity index (χ4v) is 7.26. The van der Waals surface area contributed by atoms with Gasteiger partial charge in [0.05, 0.1) is 5.75 Å². The van der Waals surface area contributed by atoms with Gasteiger partial charge in [0.2, 0.25) is 0 Å². The molecular formula is C17H39NO5SSi. The fraction of sp³-hybridized carbons (Fsp3) is 1.00. The van der Waals surface area contributed by atoms with Gasteiger partial charge in [-0.1, -0.05) is 39.0 Å². The molecule has 0 radical (unpaired) electrons. The molecule has 6 nitrogen and oxygen atoms in total. The molecule has 1 unspecified atom stereocenters. The molecule has 0 aliphatic heterocycles. The van der Waals surface area contributed by atoms with Crippen molar-refractivity contribution in [2.45, 2.75) is 84.1 Å². The largest absolute Gasteiger partial charge is 0.502 e. The molecule has 0 spiro atoms. The number of hydrogen-bond acceptors (Lipinski definition) is 6. The standard InChI is InChI=1S/C17H39NO5SSi/c1-5-8-9-10-11-12-15-24(19,20)17(4)23-25(21-6-2,22-7-3)16-13-14-18/h17H,5-16,18H2,1-4H3. The zero-order valence-electron chi connectivity index (χ0n) is 16.6. The third kappa shape index (κ3) is 10.7. The van der Waals surface area contributed by atoms with Gasteiger partial charge in [0.15, 0.2) is 9.84 Å². The van der Waals surface area contributed by atoms with E-state index in [0.29, 0.717) is 38.6 Å². The van der Waals surface area contributed by atoms with Gasteiger partial charge in [0, 0.05) is 19.3 Å². The minimum atomic E-state index is -3.33. The molecule has 152 valence electrons. The van der Waals surface area contributed by atoms with E-state index < -0.39 is 24.1 Å². The van der Waals surface area contributed by atoms with Gasteiger partial charge in [-0.25, -0.2) is 8.42 Å². The number of rotatable bonds is 17. The molecule has 0 aromatic rings. The SMILES string of the molecule is CCCCCCCCS(=O)(=O)C(C)O[Si](CCCN)(OCC)OCC. The van der Waals surface area contributed by atoms with E-state index in [1.807, 2.05) is 13.8 Å². The highest BCUT2D eigenvalue weighted by Crippen LogP contribution is 2.22. The summed E-state index contributed by atoms with van der Waals surface area (Å²) in [7, 11) is -6.34. The molecule has 0 amide bonds. The smallest absolute Gasteiger partial charge is 0.374 e. The number of sulfone groups is 1. The second-order valence-corrected chi connectivity index (χ2v) is 11.3. The molecule has 0 heterocycles. The Morgan fingerprint density at radius 3 is 2.00 bits per heavy atom. The summed E-state index contributed by atoms with van der Waals surface area (Å²) in [5, 5.41) is 0. The van der Waals surface area contributed by atoms with Gasteiger partial charge in [-0.3, -0.25) is 0 Å². The van der Waals surface area contributed by atoms with Crippen molar-refractivity contribution in [1.82, 2.24) is 0 Å². The molecule has 0 bridgehead atoms. The molecule has 1 atom stereocenters. The maximum atomic E-state index is 12.5. The Morgan fingerprint density at radius 1 is 0.920 bits per heavy atom. The summed E-state index contributed by atoms with van der Waals surface area (Å²) >= 11 is 0. The first-order chi connectivity index (χ1) is 11.9. The van der Waals surface area contributed by atoms with E-state index in [0.717, 1.165) is 12.8 Å². The highest BCUT2D eigenvalue weighted by atomic mass is 32.2. The molecule has 0 fully saturated rings. The summed E-state index contributed by atoms with van der Waals surface area (Å²) in [4.78, 5) is 0. The van der Waals surface area contributed by atoms with Crippen LogP contribution in [0.2, 0.25) is 6.04 Å². The van der Waals surface area contributed by atoms with Gasteiger partial charge in [-0.2, -0.15) is 0 Å². The number of nitrogens with two attached hydrogens (primary N) is 1. The lowest BCUT2D eigenvalue weighted by molar-refractivity contribution is 0.0598. The van der Waals surface area contributed by atoms with Crippen LogP contribution in [0.3, 0.4) is 0 Å². The van der Waals surface area contributed by atoms with E-state index in [1.54, 1.807) is 6.92 Å². The summed E-state index contributed by atoms with van der Waals surface area (Å²) in [6.45, 7) is 8.85. The van der Waals surface area contributed by atoms with E-state index >= 15 is 0 Å². The second-order valence-electron chi connectivity index (χ2n) is 6.26. The van der Waals surface area contributed by atoms with Gasteiger partial charge in [-0.05, 0) is 40.2 Å². The van der Waals surface area contributed by atoms with Gasteiger partial charge in [-0.15, -0.1) is 0 Å². The molecule has 0 aromatic carbocycles. The minimum Gasteiger partial charge on any atom is -0.374 e. The Balaban J connectivity index is 4.69. The summed E-state index contributed by atoms with van der Waals surface area (Å²) in [5.74, 6) is 0.153. The van der Waals surface area contributed by atoms with Crippen LogP contribution in [0.5, 0.6) is 0 Å². The summed E-state index contributed by atoms with van der Waals surface area (Å²) in [5.41, 5.74) is 4.69. The Hall–Kier alpha value is 0.00688. The molecule has 2 N–H and O–H groups in total. The van der Waals surface area contributed by atoms with Crippen molar-refractivity contribution < 1.29 is 21.7 Å². The quantitative estimate of drug-likeness (QED) is 0.299. The Bertz CT molecular complexity index is 413. The highest BCUT2D eigenvalue weighted by Gasteiger charge is 2.44. The third-order valence-electron chi connectivity index (χ3n) is 4.05. The van der Waals surface area contributed by atoms with Crippen LogP contribution >= 0.6 is 0 Å². The first kappa shape index (κ1) is 25.0. The maximum Gasteiger partial charge on any atom is 0.502 e. The average Bonchev–Trinajstić information content (AvgIpc) is 2.56. The van der Waals surface area contributed by atoms with Gasteiger partial charge in [0.1, 0.15) is 5.44 Å². The van der Waals surface area contributed by atoms with Gasteiger partial charge < -0.3 is 19.0 Å². The zero-order chi connectivity index (χ0) is 19.2. The molecular weight excluding hydrogens is 358 g/mol. The molecule has 0 aromatic heterocycles. The van der Waals surface area contributed by atoms with Crippen LogP contribution in [0.25, 0.3) is 0 Å². The number of hydrogen-bond donors (Lipinski definition) is 1. The summed E-state index contributed by atoms with van der Waals surface area (Å²) < 4.78 is 42.6. The van der Waals surface area contributed by atoms with Gasteiger partial charge >= 0.3 is 8.80 Å². The van der Waals surface area contributed by atoms with Crippen LogP contribution in [0.1, 0.15) is 72.6 Å². The third-order valence-corrected chi connectivity index (χ3v) is 9.32. The van der Waals surface area contributed by atoms with Crippen LogP contribution in [0.4, 0.5) is 0 Å². The first-order valence-corrected chi connectivity index (χ1v) is 13.4. The van der Waals surface area contributed by atoms with Gasteiger partial charge in [0.25, 0.3) is 0 Å². The molecule has 0 aliphatic rings. The van der Waals surface area contributed by atoms with Crippen LogP contribution < -0.4 is 5.73 Å². The molecule has 0 rings (SSSR count). The van der Waals surface area contributed by atoms with Crippen LogP contribution in [-0.4, -0.2) is 48.2 Å². The second kappa shape index (κ2) is 14.1. The van der Waals surface area contributed by atoms with E-state index in [1.165, 1.54) is 19.3 Å². The van der Waals surface area contributed by atoms with E-state index in [-0.39, 0.29) is 5.75 Å². The first-order valence-electron chi connectivity index (χ1n) is 9.74. The molecule has 0 saturated heterocycles. The van der Waals surface area contributed by atoms with E-state index in [4.69, 9.17) is 19.0 Å². The minimum absolute atomic E-state index is 0.153. The average molecular weight is 398 g/mol. The Labute approximate surface area is 156 Å². The van der Waals surface area contributed by atoms with Crippen molar-refractivity contribution in [1.29, 1.82) is 0 Å². The maximum absolute atomic E-state index is 12.5. The Kier molecular flexibility index (Phi) is 14.1. The molecule has 0 saturated carbocycles. The molecule has 25 heavy (non-hydrogen) atoms.